The Morgan fingerprint density at radius 3 is 2.71 bits per heavy atom. The van der Waals surface area contributed by atoms with E-state index in [2.05, 4.69) is 22.7 Å². The summed E-state index contributed by atoms with van der Waals surface area (Å²) in [5, 5.41) is 0. The predicted octanol–water partition coefficient (Wildman–Crippen LogP) is 2.94. The molecular formula is C16H18N2O3. The Hall–Kier alpha value is -2.01. The van der Waals surface area contributed by atoms with Crippen LogP contribution in [0.25, 0.3) is 11.4 Å². The van der Waals surface area contributed by atoms with E-state index in [1.807, 2.05) is 18.3 Å². The summed E-state index contributed by atoms with van der Waals surface area (Å²) >= 11 is 0. The van der Waals surface area contributed by atoms with E-state index in [-0.39, 0.29) is 0 Å². The van der Waals surface area contributed by atoms with Crippen LogP contribution in [0.5, 0.6) is 11.5 Å². The van der Waals surface area contributed by atoms with Gasteiger partial charge < -0.3 is 18.8 Å². The third-order valence-corrected chi connectivity index (χ3v) is 4.21. The lowest BCUT2D eigenvalue weighted by molar-refractivity contribution is 0.0700. The van der Waals surface area contributed by atoms with Crippen molar-refractivity contribution in [1.29, 1.82) is 0 Å². The summed E-state index contributed by atoms with van der Waals surface area (Å²) in [6, 6.07) is 4.53. The SMILES string of the molecule is Cc1cc2c(cc1-c1nccn1C1CCOCC1)OCO2. The van der Waals surface area contributed by atoms with E-state index in [1.165, 1.54) is 0 Å². The van der Waals surface area contributed by atoms with Gasteiger partial charge in [-0.15, -0.1) is 0 Å². The van der Waals surface area contributed by atoms with Gasteiger partial charge in [-0.05, 0) is 37.5 Å². The van der Waals surface area contributed by atoms with E-state index in [0.717, 1.165) is 54.5 Å². The fraction of sp³-hybridized carbons (Fsp3) is 0.438. The lowest BCUT2D eigenvalue weighted by atomic mass is 10.0. The van der Waals surface area contributed by atoms with Gasteiger partial charge in [0.1, 0.15) is 5.82 Å². The van der Waals surface area contributed by atoms with Crippen LogP contribution in [0.15, 0.2) is 24.5 Å². The van der Waals surface area contributed by atoms with Crippen LogP contribution in [0.4, 0.5) is 0 Å². The molecule has 4 rings (SSSR count). The van der Waals surface area contributed by atoms with Crippen molar-refractivity contribution in [3.05, 3.63) is 30.1 Å². The summed E-state index contributed by atoms with van der Waals surface area (Å²) in [6.45, 7) is 4.03. The van der Waals surface area contributed by atoms with Crippen molar-refractivity contribution < 1.29 is 14.2 Å². The van der Waals surface area contributed by atoms with Crippen LogP contribution in [-0.2, 0) is 4.74 Å². The largest absolute Gasteiger partial charge is 0.454 e. The molecule has 0 atom stereocenters. The maximum absolute atomic E-state index is 5.50. The Balaban J connectivity index is 1.75. The van der Waals surface area contributed by atoms with Crippen LogP contribution in [0.1, 0.15) is 24.4 Å². The summed E-state index contributed by atoms with van der Waals surface area (Å²) in [5.41, 5.74) is 2.26. The average Bonchev–Trinajstić information content (AvgIpc) is 3.15. The first-order valence-corrected chi connectivity index (χ1v) is 7.34. The highest BCUT2D eigenvalue weighted by atomic mass is 16.7. The van der Waals surface area contributed by atoms with E-state index >= 15 is 0 Å². The summed E-state index contributed by atoms with van der Waals surface area (Å²) < 4.78 is 18.7. The fourth-order valence-electron chi connectivity index (χ4n) is 3.06. The van der Waals surface area contributed by atoms with Gasteiger partial charge in [0.25, 0.3) is 0 Å². The molecule has 2 aliphatic heterocycles. The van der Waals surface area contributed by atoms with Crippen molar-refractivity contribution in [2.45, 2.75) is 25.8 Å². The molecule has 110 valence electrons. The Bertz CT molecular complexity index is 660. The zero-order valence-electron chi connectivity index (χ0n) is 12.0. The number of aryl methyl sites for hydroxylation is 1. The van der Waals surface area contributed by atoms with Gasteiger partial charge in [0.05, 0.1) is 0 Å². The highest BCUT2D eigenvalue weighted by Crippen LogP contribution is 2.39. The van der Waals surface area contributed by atoms with E-state index in [4.69, 9.17) is 14.2 Å². The minimum absolute atomic E-state index is 0.298. The van der Waals surface area contributed by atoms with Gasteiger partial charge in [-0.3, -0.25) is 0 Å². The maximum atomic E-state index is 5.50. The van der Waals surface area contributed by atoms with Crippen LogP contribution >= 0.6 is 0 Å². The third kappa shape index (κ3) is 2.17. The first kappa shape index (κ1) is 12.7. The van der Waals surface area contributed by atoms with Gasteiger partial charge >= 0.3 is 0 Å². The molecule has 5 heteroatoms. The third-order valence-electron chi connectivity index (χ3n) is 4.21. The lowest BCUT2D eigenvalue weighted by Crippen LogP contribution is -2.19. The molecule has 1 fully saturated rings. The number of fused-ring (bicyclic) bond motifs is 1. The molecule has 3 heterocycles. The molecule has 0 saturated carbocycles. The standard InChI is InChI=1S/C16H18N2O3/c1-11-8-14-15(21-10-20-14)9-13(11)16-17-4-5-18(16)12-2-6-19-7-3-12/h4-5,8-9,12H,2-3,6-7,10H2,1H3. The normalized spacial score (nSPS) is 18.1. The quantitative estimate of drug-likeness (QED) is 0.851. The molecule has 0 spiro atoms. The van der Waals surface area contributed by atoms with Crippen LogP contribution in [0.2, 0.25) is 0 Å². The van der Waals surface area contributed by atoms with Crippen molar-refractivity contribution in [3.63, 3.8) is 0 Å². The number of aromatic nitrogens is 2. The molecule has 2 aromatic rings. The van der Waals surface area contributed by atoms with E-state index in [9.17, 15) is 0 Å². The highest BCUT2D eigenvalue weighted by Gasteiger charge is 2.22. The molecule has 0 bridgehead atoms. The maximum Gasteiger partial charge on any atom is 0.231 e. The fourth-order valence-corrected chi connectivity index (χ4v) is 3.06. The van der Waals surface area contributed by atoms with Crippen LogP contribution in [0.3, 0.4) is 0 Å². The molecule has 0 radical (unpaired) electrons. The Labute approximate surface area is 123 Å². The monoisotopic (exact) mass is 286 g/mol. The summed E-state index contributed by atoms with van der Waals surface area (Å²) in [6.07, 6.45) is 6.00. The smallest absolute Gasteiger partial charge is 0.231 e. The molecule has 0 aliphatic carbocycles. The lowest BCUT2D eigenvalue weighted by Gasteiger charge is -2.25. The van der Waals surface area contributed by atoms with E-state index < -0.39 is 0 Å². The van der Waals surface area contributed by atoms with Crippen molar-refractivity contribution >= 4 is 0 Å². The number of hydrogen-bond donors (Lipinski definition) is 0. The molecule has 1 aromatic heterocycles. The van der Waals surface area contributed by atoms with Crippen molar-refractivity contribution in [3.8, 4) is 22.9 Å². The van der Waals surface area contributed by atoms with Crippen molar-refractivity contribution in [1.82, 2.24) is 9.55 Å². The van der Waals surface area contributed by atoms with Gasteiger partial charge in [0.15, 0.2) is 11.5 Å². The first-order chi connectivity index (χ1) is 10.3. The molecular weight excluding hydrogens is 268 g/mol. The Kier molecular flexibility index (Phi) is 3.07. The summed E-state index contributed by atoms with van der Waals surface area (Å²) in [5.74, 6) is 2.62. The van der Waals surface area contributed by atoms with Gasteiger partial charge in [-0.1, -0.05) is 0 Å². The predicted molar refractivity (Wildman–Crippen MR) is 77.6 cm³/mol. The number of ether oxygens (including phenoxy) is 3. The summed E-state index contributed by atoms with van der Waals surface area (Å²) in [4.78, 5) is 4.57. The Morgan fingerprint density at radius 2 is 1.90 bits per heavy atom. The molecule has 1 aromatic carbocycles. The topological polar surface area (TPSA) is 45.5 Å². The molecule has 21 heavy (non-hydrogen) atoms. The zero-order chi connectivity index (χ0) is 14.2. The van der Waals surface area contributed by atoms with Crippen LogP contribution in [0, 0.1) is 6.92 Å². The van der Waals surface area contributed by atoms with Crippen molar-refractivity contribution in [2.75, 3.05) is 20.0 Å². The number of rotatable bonds is 2. The van der Waals surface area contributed by atoms with E-state index in [1.54, 1.807) is 0 Å². The van der Waals surface area contributed by atoms with Gasteiger partial charge in [0.2, 0.25) is 6.79 Å². The number of imidazole rings is 1. The number of hydrogen-bond acceptors (Lipinski definition) is 4. The average molecular weight is 286 g/mol. The molecule has 0 unspecified atom stereocenters. The second-order valence-corrected chi connectivity index (χ2v) is 5.52. The highest BCUT2D eigenvalue weighted by molar-refractivity contribution is 5.66. The Morgan fingerprint density at radius 1 is 1.14 bits per heavy atom. The van der Waals surface area contributed by atoms with Crippen LogP contribution < -0.4 is 9.47 Å². The van der Waals surface area contributed by atoms with Crippen molar-refractivity contribution in [2.24, 2.45) is 0 Å². The number of benzene rings is 1. The summed E-state index contributed by atoms with van der Waals surface area (Å²) in [7, 11) is 0. The second-order valence-electron chi connectivity index (χ2n) is 5.52. The first-order valence-electron chi connectivity index (χ1n) is 7.34. The zero-order valence-corrected chi connectivity index (χ0v) is 12.0. The minimum Gasteiger partial charge on any atom is -0.454 e. The molecule has 1 saturated heterocycles. The van der Waals surface area contributed by atoms with Gasteiger partial charge in [-0.25, -0.2) is 4.98 Å². The molecule has 0 N–H and O–H groups in total. The van der Waals surface area contributed by atoms with Gasteiger partial charge in [0, 0.05) is 37.2 Å². The molecule has 2 aliphatic rings. The molecule has 0 amide bonds. The molecule has 5 nitrogen and oxygen atoms in total. The van der Waals surface area contributed by atoms with E-state index in [0.29, 0.717) is 12.8 Å². The minimum atomic E-state index is 0.298. The van der Waals surface area contributed by atoms with Crippen LogP contribution in [-0.4, -0.2) is 29.6 Å². The van der Waals surface area contributed by atoms with Gasteiger partial charge in [-0.2, -0.15) is 0 Å². The second kappa shape index (κ2) is 5.07. The number of nitrogens with zero attached hydrogens (tertiary/aromatic N) is 2.